The Labute approximate surface area is 111 Å². The third-order valence-electron chi connectivity index (χ3n) is 2.54. The van der Waals surface area contributed by atoms with E-state index < -0.39 is 0 Å². The van der Waals surface area contributed by atoms with Gasteiger partial charge in [0.2, 0.25) is 0 Å². The highest BCUT2D eigenvalue weighted by Crippen LogP contribution is 2.30. The largest absolute Gasteiger partial charge is 0.233 e. The summed E-state index contributed by atoms with van der Waals surface area (Å²) in [7, 11) is 0. The van der Waals surface area contributed by atoms with Crippen LogP contribution in [-0.4, -0.2) is 4.98 Å². The fourth-order valence-electron chi connectivity index (χ4n) is 1.79. The maximum atomic E-state index is 4.26. The SMILES string of the molecule is Ic1ccc(-c2cs[c]n2)c2ccccc12. The zero-order valence-corrected chi connectivity index (χ0v) is 11.2. The van der Waals surface area contributed by atoms with Gasteiger partial charge in [0.15, 0.2) is 5.51 Å². The summed E-state index contributed by atoms with van der Waals surface area (Å²) < 4.78 is 1.27. The summed E-state index contributed by atoms with van der Waals surface area (Å²) in [5, 5.41) is 4.58. The molecule has 0 aliphatic heterocycles. The predicted molar refractivity (Wildman–Crippen MR) is 76.6 cm³/mol. The van der Waals surface area contributed by atoms with Crippen LogP contribution in [0.4, 0.5) is 0 Å². The molecule has 0 fully saturated rings. The van der Waals surface area contributed by atoms with Crippen LogP contribution in [0.5, 0.6) is 0 Å². The molecule has 0 N–H and O–H groups in total. The summed E-state index contributed by atoms with van der Waals surface area (Å²) in [6, 6.07) is 12.7. The van der Waals surface area contributed by atoms with Crippen LogP contribution < -0.4 is 0 Å². The van der Waals surface area contributed by atoms with Crippen LogP contribution in [0.25, 0.3) is 22.0 Å². The highest BCUT2D eigenvalue weighted by atomic mass is 127. The first kappa shape index (κ1) is 10.2. The normalized spacial score (nSPS) is 10.8. The Bertz CT molecular complexity index is 631. The number of thiazole rings is 1. The zero-order chi connectivity index (χ0) is 11.0. The van der Waals surface area contributed by atoms with Crippen molar-refractivity contribution in [2.75, 3.05) is 0 Å². The number of halogens is 1. The van der Waals surface area contributed by atoms with Crippen LogP contribution in [0.3, 0.4) is 0 Å². The number of benzene rings is 2. The molecule has 0 bridgehead atoms. The van der Waals surface area contributed by atoms with Gasteiger partial charge in [-0.25, -0.2) is 4.98 Å². The second kappa shape index (κ2) is 4.14. The molecule has 0 unspecified atom stereocenters. The quantitative estimate of drug-likeness (QED) is 0.602. The van der Waals surface area contributed by atoms with E-state index in [1.165, 1.54) is 31.2 Å². The van der Waals surface area contributed by atoms with E-state index in [1.54, 1.807) is 0 Å². The van der Waals surface area contributed by atoms with Gasteiger partial charge in [0, 0.05) is 14.5 Å². The molecule has 3 rings (SSSR count). The van der Waals surface area contributed by atoms with Crippen LogP contribution in [-0.2, 0) is 0 Å². The minimum absolute atomic E-state index is 1.01. The average Bonchev–Trinajstić information content (AvgIpc) is 2.83. The third kappa shape index (κ3) is 1.64. The molecule has 3 heteroatoms. The van der Waals surface area contributed by atoms with E-state index in [9.17, 15) is 0 Å². The molecule has 0 spiro atoms. The second-order valence-electron chi connectivity index (χ2n) is 3.46. The maximum Gasteiger partial charge on any atom is 0.152 e. The summed E-state index contributed by atoms with van der Waals surface area (Å²) in [6.07, 6.45) is 0. The lowest BCUT2D eigenvalue weighted by molar-refractivity contribution is 1.41. The van der Waals surface area contributed by atoms with Crippen LogP contribution in [0.15, 0.2) is 41.8 Å². The molecule has 0 aliphatic rings. The number of hydrogen-bond donors (Lipinski definition) is 0. The van der Waals surface area contributed by atoms with E-state index in [4.69, 9.17) is 0 Å². The minimum Gasteiger partial charge on any atom is -0.233 e. The van der Waals surface area contributed by atoms with Crippen molar-refractivity contribution in [2.45, 2.75) is 0 Å². The Hall–Kier alpha value is -0.940. The Balaban J connectivity index is 2.39. The summed E-state index contributed by atoms with van der Waals surface area (Å²) in [5.74, 6) is 0. The van der Waals surface area contributed by atoms with E-state index >= 15 is 0 Å². The molecule has 0 saturated heterocycles. The molecular weight excluding hydrogens is 329 g/mol. The smallest absolute Gasteiger partial charge is 0.152 e. The van der Waals surface area contributed by atoms with Crippen molar-refractivity contribution in [1.29, 1.82) is 0 Å². The fourth-order valence-corrected chi connectivity index (χ4v) is 2.94. The maximum absolute atomic E-state index is 4.26. The third-order valence-corrected chi connectivity index (χ3v) is 4.01. The van der Waals surface area contributed by atoms with E-state index in [0.717, 1.165) is 5.69 Å². The van der Waals surface area contributed by atoms with Crippen LogP contribution in [0.2, 0.25) is 0 Å². The monoisotopic (exact) mass is 336 g/mol. The van der Waals surface area contributed by atoms with Crippen LogP contribution >= 0.6 is 33.9 Å². The molecule has 2 aromatic carbocycles. The van der Waals surface area contributed by atoms with Crippen molar-refractivity contribution < 1.29 is 0 Å². The van der Waals surface area contributed by atoms with Gasteiger partial charge in [-0.3, -0.25) is 0 Å². The molecule has 0 amide bonds. The molecule has 0 atom stereocenters. The minimum atomic E-state index is 1.01. The van der Waals surface area contributed by atoms with Gasteiger partial charge in [0.25, 0.3) is 0 Å². The Morgan fingerprint density at radius 1 is 1.06 bits per heavy atom. The van der Waals surface area contributed by atoms with Crippen molar-refractivity contribution >= 4 is 44.7 Å². The number of fused-ring (bicyclic) bond motifs is 1. The summed E-state index contributed by atoms with van der Waals surface area (Å²) in [4.78, 5) is 4.26. The first-order chi connectivity index (χ1) is 7.86. The summed E-state index contributed by atoms with van der Waals surface area (Å²) in [6.45, 7) is 0. The van der Waals surface area contributed by atoms with Crippen molar-refractivity contribution in [3.05, 3.63) is 50.9 Å². The fraction of sp³-hybridized carbons (Fsp3) is 0. The molecule has 1 aromatic heterocycles. The molecule has 1 heterocycles. The number of hydrogen-bond acceptors (Lipinski definition) is 2. The summed E-state index contributed by atoms with van der Waals surface area (Å²) >= 11 is 3.88. The first-order valence-electron chi connectivity index (χ1n) is 4.85. The van der Waals surface area contributed by atoms with Gasteiger partial charge < -0.3 is 0 Å². The highest BCUT2D eigenvalue weighted by molar-refractivity contribution is 14.1. The Kier molecular flexibility index (Phi) is 2.65. The van der Waals surface area contributed by atoms with E-state index in [2.05, 4.69) is 69.5 Å². The molecule has 3 aromatic rings. The van der Waals surface area contributed by atoms with Crippen molar-refractivity contribution in [3.8, 4) is 11.3 Å². The molecule has 0 aliphatic carbocycles. The molecule has 77 valence electrons. The highest BCUT2D eigenvalue weighted by Gasteiger charge is 2.07. The lowest BCUT2D eigenvalue weighted by Gasteiger charge is -2.05. The zero-order valence-electron chi connectivity index (χ0n) is 8.27. The standard InChI is InChI=1S/C13H7INS/c14-12-6-5-11(13-7-16-8-15-13)9-3-1-2-4-10(9)12/h1-7H. The van der Waals surface area contributed by atoms with E-state index in [-0.39, 0.29) is 0 Å². The molecule has 0 saturated carbocycles. The van der Waals surface area contributed by atoms with E-state index in [1.807, 2.05) is 5.38 Å². The van der Waals surface area contributed by atoms with Gasteiger partial charge in [-0.1, -0.05) is 30.3 Å². The van der Waals surface area contributed by atoms with Crippen LogP contribution in [0.1, 0.15) is 0 Å². The van der Waals surface area contributed by atoms with Crippen molar-refractivity contribution in [2.24, 2.45) is 0 Å². The number of aromatic nitrogens is 1. The topological polar surface area (TPSA) is 12.9 Å². The van der Waals surface area contributed by atoms with Gasteiger partial charge in [-0.15, -0.1) is 11.3 Å². The summed E-state index contributed by atoms with van der Waals surface area (Å²) in [5.41, 5.74) is 5.10. The van der Waals surface area contributed by atoms with Crippen LogP contribution in [0, 0.1) is 9.08 Å². The lowest BCUT2D eigenvalue weighted by atomic mass is 10.0. The van der Waals surface area contributed by atoms with Gasteiger partial charge >= 0.3 is 0 Å². The van der Waals surface area contributed by atoms with Gasteiger partial charge in [-0.05, 0) is 39.4 Å². The molecule has 1 nitrogen and oxygen atoms in total. The predicted octanol–water partition coefficient (Wildman–Crippen LogP) is 4.37. The van der Waals surface area contributed by atoms with Crippen molar-refractivity contribution in [3.63, 3.8) is 0 Å². The number of nitrogens with zero attached hydrogens (tertiary/aromatic N) is 1. The lowest BCUT2D eigenvalue weighted by Crippen LogP contribution is -1.83. The molecule has 16 heavy (non-hydrogen) atoms. The van der Waals surface area contributed by atoms with Gasteiger partial charge in [-0.2, -0.15) is 0 Å². The van der Waals surface area contributed by atoms with Gasteiger partial charge in [0.1, 0.15) is 0 Å². The molecular formula is C13H7INS. The van der Waals surface area contributed by atoms with E-state index in [0.29, 0.717) is 0 Å². The molecule has 1 radical (unpaired) electrons. The van der Waals surface area contributed by atoms with Gasteiger partial charge in [0.05, 0.1) is 5.69 Å². The Morgan fingerprint density at radius 3 is 2.62 bits per heavy atom. The second-order valence-corrected chi connectivity index (χ2v) is 5.28. The average molecular weight is 336 g/mol. The first-order valence-corrected chi connectivity index (χ1v) is 6.81. The Morgan fingerprint density at radius 2 is 1.88 bits per heavy atom. The van der Waals surface area contributed by atoms with Crippen molar-refractivity contribution in [1.82, 2.24) is 4.98 Å². The number of rotatable bonds is 1.